The molecule has 88 valence electrons. The van der Waals surface area contributed by atoms with Crippen LogP contribution in [0.3, 0.4) is 0 Å². The highest BCUT2D eigenvalue weighted by molar-refractivity contribution is 7.15. The highest BCUT2D eigenvalue weighted by Crippen LogP contribution is 2.26. The molecule has 1 atom stereocenters. The topological polar surface area (TPSA) is 62.5 Å². The van der Waals surface area contributed by atoms with E-state index in [1.54, 1.807) is 22.4 Å². The number of hydrogen-bond acceptors (Lipinski definition) is 5. The first-order valence-corrected chi connectivity index (χ1v) is 6.10. The number of rotatable bonds is 2. The van der Waals surface area contributed by atoms with Gasteiger partial charge >= 0.3 is 0 Å². The highest BCUT2D eigenvalue weighted by atomic mass is 32.1. The normalized spacial score (nSPS) is 19.1. The Hall–Kier alpha value is -1.14. The van der Waals surface area contributed by atoms with Crippen LogP contribution in [0.15, 0.2) is 6.20 Å². The minimum atomic E-state index is 0.00872. The quantitative estimate of drug-likeness (QED) is 0.815. The van der Waals surface area contributed by atoms with Gasteiger partial charge in [-0.1, -0.05) is 0 Å². The zero-order valence-electron chi connectivity index (χ0n) is 9.51. The second-order valence-electron chi connectivity index (χ2n) is 4.07. The SMILES string of the molecule is CC(N)c1cnc(N2CCN(C)C(=O)C2)s1. The molecule has 1 unspecified atom stereocenters. The minimum absolute atomic E-state index is 0.00872. The lowest BCUT2D eigenvalue weighted by Crippen LogP contribution is -2.48. The standard InChI is InChI=1S/C10H16N4OS/c1-7(11)8-5-12-10(16-8)14-4-3-13(2)9(15)6-14/h5,7H,3-4,6,11H2,1-2H3. The van der Waals surface area contributed by atoms with Gasteiger partial charge in [-0.05, 0) is 6.92 Å². The van der Waals surface area contributed by atoms with Gasteiger partial charge in [0.15, 0.2) is 5.13 Å². The lowest BCUT2D eigenvalue weighted by atomic mass is 10.3. The average Bonchev–Trinajstić information content (AvgIpc) is 2.71. The van der Waals surface area contributed by atoms with E-state index in [-0.39, 0.29) is 11.9 Å². The first-order chi connectivity index (χ1) is 7.58. The van der Waals surface area contributed by atoms with Gasteiger partial charge in [-0.3, -0.25) is 4.79 Å². The van der Waals surface area contributed by atoms with E-state index in [0.717, 1.165) is 23.1 Å². The molecule has 0 saturated carbocycles. The summed E-state index contributed by atoms with van der Waals surface area (Å²) < 4.78 is 0. The molecular weight excluding hydrogens is 224 g/mol. The van der Waals surface area contributed by atoms with Gasteiger partial charge in [-0.15, -0.1) is 11.3 Å². The third kappa shape index (κ3) is 2.17. The maximum atomic E-state index is 11.6. The van der Waals surface area contributed by atoms with E-state index in [0.29, 0.717) is 6.54 Å². The number of carbonyl (C=O) groups is 1. The van der Waals surface area contributed by atoms with Crippen LogP contribution in [-0.2, 0) is 4.79 Å². The molecule has 1 aliphatic heterocycles. The van der Waals surface area contributed by atoms with Crippen LogP contribution in [0.1, 0.15) is 17.8 Å². The third-order valence-corrected chi connectivity index (χ3v) is 3.95. The van der Waals surface area contributed by atoms with Crippen LogP contribution in [0.5, 0.6) is 0 Å². The lowest BCUT2D eigenvalue weighted by Gasteiger charge is -2.31. The number of hydrogen-bond donors (Lipinski definition) is 1. The Kier molecular flexibility index (Phi) is 3.11. The number of anilines is 1. The average molecular weight is 240 g/mol. The van der Waals surface area contributed by atoms with Crippen molar-refractivity contribution in [3.63, 3.8) is 0 Å². The molecule has 1 fully saturated rings. The van der Waals surface area contributed by atoms with Crippen molar-refractivity contribution in [1.82, 2.24) is 9.88 Å². The maximum Gasteiger partial charge on any atom is 0.241 e. The summed E-state index contributed by atoms with van der Waals surface area (Å²) in [5.41, 5.74) is 5.78. The van der Waals surface area contributed by atoms with Crippen molar-refractivity contribution in [3.8, 4) is 0 Å². The Bertz CT molecular complexity index is 390. The van der Waals surface area contributed by atoms with Gasteiger partial charge in [0.1, 0.15) is 0 Å². The van der Waals surface area contributed by atoms with E-state index < -0.39 is 0 Å². The molecule has 0 aliphatic carbocycles. The van der Waals surface area contributed by atoms with Gasteiger partial charge in [0.2, 0.25) is 5.91 Å². The predicted octanol–water partition coefficient (Wildman–Crippen LogP) is 0.441. The van der Waals surface area contributed by atoms with Crippen molar-refractivity contribution in [2.75, 3.05) is 31.6 Å². The summed E-state index contributed by atoms with van der Waals surface area (Å²) in [5, 5.41) is 0.897. The summed E-state index contributed by atoms with van der Waals surface area (Å²) in [5.74, 6) is 0.142. The zero-order chi connectivity index (χ0) is 11.7. The van der Waals surface area contributed by atoms with Crippen molar-refractivity contribution in [2.45, 2.75) is 13.0 Å². The summed E-state index contributed by atoms with van der Waals surface area (Å²) >= 11 is 1.57. The van der Waals surface area contributed by atoms with Gasteiger partial charge in [0.25, 0.3) is 0 Å². The first-order valence-electron chi connectivity index (χ1n) is 5.28. The molecule has 6 heteroatoms. The van der Waals surface area contributed by atoms with Gasteiger partial charge in [-0.25, -0.2) is 4.98 Å². The number of nitrogens with two attached hydrogens (primary N) is 1. The van der Waals surface area contributed by atoms with Crippen molar-refractivity contribution in [1.29, 1.82) is 0 Å². The van der Waals surface area contributed by atoms with Crippen LogP contribution in [0, 0.1) is 0 Å². The Morgan fingerprint density at radius 3 is 2.88 bits per heavy atom. The van der Waals surface area contributed by atoms with Crippen LogP contribution >= 0.6 is 11.3 Å². The number of piperazine rings is 1. The number of thiazole rings is 1. The molecule has 1 amide bonds. The minimum Gasteiger partial charge on any atom is -0.342 e. The van der Waals surface area contributed by atoms with Crippen molar-refractivity contribution >= 4 is 22.4 Å². The fourth-order valence-electron chi connectivity index (χ4n) is 1.56. The van der Waals surface area contributed by atoms with Crippen LogP contribution in [0.2, 0.25) is 0 Å². The molecule has 1 aromatic heterocycles. The predicted molar refractivity (Wildman–Crippen MR) is 64.6 cm³/mol. The molecule has 0 aromatic carbocycles. The maximum absolute atomic E-state index is 11.6. The van der Waals surface area contributed by atoms with Gasteiger partial charge in [0, 0.05) is 37.3 Å². The molecule has 5 nitrogen and oxygen atoms in total. The lowest BCUT2D eigenvalue weighted by molar-refractivity contribution is -0.129. The fraction of sp³-hybridized carbons (Fsp3) is 0.600. The van der Waals surface area contributed by atoms with E-state index in [4.69, 9.17) is 5.73 Å². The summed E-state index contributed by atoms with van der Waals surface area (Å²) in [6.45, 7) is 3.95. The number of likely N-dealkylation sites (N-methyl/N-ethyl adjacent to an activating group) is 1. The smallest absolute Gasteiger partial charge is 0.241 e. The van der Waals surface area contributed by atoms with E-state index in [1.165, 1.54) is 0 Å². The molecule has 1 aromatic rings. The molecule has 0 bridgehead atoms. The molecule has 16 heavy (non-hydrogen) atoms. The Morgan fingerprint density at radius 1 is 1.56 bits per heavy atom. The summed E-state index contributed by atoms with van der Waals surface area (Å²) in [6, 6.07) is 0.00872. The first kappa shape index (κ1) is 11.3. The summed E-state index contributed by atoms with van der Waals surface area (Å²) in [4.78, 5) is 20.7. The van der Waals surface area contributed by atoms with E-state index >= 15 is 0 Å². The van der Waals surface area contributed by atoms with Gasteiger partial charge < -0.3 is 15.5 Å². The second-order valence-corrected chi connectivity index (χ2v) is 5.11. The monoisotopic (exact) mass is 240 g/mol. The number of carbonyl (C=O) groups excluding carboxylic acids is 1. The molecule has 0 spiro atoms. The summed E-state index contributed by atoms with van der Waals surface area (Å²) in [6.07, 6.45) is 1.80. The van der Waals surface area contributed by atoms with Crippen molar-refractivity contribution in [3.05, 3.63) is 11.1 Å². The van der Waals surface area contributed by atoms with Crippen LogP contribution in [0.4, 0.5) is 5.13 Å². The van der Waals surface area contributed by atoms with Crippen LogP contribution < -0.4 is 10.6 Å². The fourth-order valence-corrected chi connectivity index (χ4v) is 2.45. The molecular formula is C10H16N4OS. The molecule has 1 saturated heterocycles. The molecule has 1 aliphatic rings. The second kappa shape index (κ2) is 4.39. The third-order valence-electron chi connectivity index (χ3n) is 2.69. The molecule has 0 radical (unpaired) electrons. The molecule has 2 N–H and O–H groups in total. The van der Waals surface area contributed by atoms with Crippen molar-refractivity contribution < 1.29 is 4.79 Å². The molecule has 2 rings (SSSR count). The van der Waals surface area contributed by atoms with E-state index in [2.05, 4.69) is 4.98 Å². The summed E-state index contributed by atoms with van der Waals surface area (Å²) in [7, 11) is 1.83. The number of nitrogens with zero attached hydrogens (tertiary/aromatic N) is 3. The number of amides is 1. The van der Waals surface area contributed by atoms with Crippen LogP contribution in [-0.4, -0.2) is 42.5 Å². The molecule has 2 heterocycles. The van der Waals surface area contributed by atoms with Crippen LogP contribution in [0.25, 0.3) is 0 Å². The van der Waals surface area contributed by atoms with E-state index in [1.807, 2.05) is 18.9 Å². The number of aromatic nitrogens is 1. The zero-order valence-corrected chi connectivity index (χ0v) is 10.3. The Morgan fingerprint density at radius 2 is 2.31 bits per heavy atom. The Balaban J connectivity index is 2.09. The van der Waals surface area contributed by atoms with Crippen molar-refractivity contribution in [2.24, 2.45) is 5.73 Å². The van der Waals surface area contributed by atoms with E-state index in [9.17, 15) is 4.79 Å². The Labute approximate surface area is 98.9 Å². The highest BCUT2D eigenvalue weighted by Gasteiger charge is 2.23. The van der Waals surface area contributed by atoms with Gasteiger partial charge in [-0.2, -0.15) is 0 Å². The van der Waals surface area contributed by atoms with Gasteiger partial charge in [0.05, 0.1) is 6.54 Å². The largest absolute Gasteiger partial charge is 0.342 e.